The van der Waals surface area contributed by atoms with Crippen LogP contribution in [0.25, 0.3) is 5.65 Å². The summed E-state index contributed by atoms with van der Waals surface area (Å²) < 4.78 is 1.82. The van der Waals surface area contributed by atoms with Crippen LogP contribution in [-0.2, 0) is 0 Å². The van der Waals surface area contributed by atoms with Crippen LogP contribution < -0.4 is 4.90 Å². The first-order chi connectivity index (χ1) is 7.22. The maximum absolute atomic E-state index is 5.72. The molecule has 0 atom stereocenters. The molecule has 2 aromatic rings. The second-order valence-electron chi connectivity index (χ2n) is 3.53. The number of aryl methyl sites for hydroxylation is 1. The van der Waals surface area contributed by atoms with Gasteiger partial charge < -0.3 is 4.90 Å². The molecule has 2 aromatic heterocycles. The summed E-state index contributed by atoms with van der Waals surface area (Å²) in [5.74, 6) is 1.61. The van der Waals surface area contributed by atoms with Gasteiger partial charge in [-0.1, -0.05) is 0 Å². The van der Waals surface area contributed by atoms with E-state index in [-0.39, 0.29) is 0 Å². The zero-order valence-electron chi connectivity index (χ0n) is 8.81. The van der Waals surface area contributed by atoms with Gasteiger partial charge in [-0.05, 0) is 24.6 Å². The van der Waals surface area contributed by atoms with Crippen LogP contribution in [0, 0.1) is 6.92 Å². The fraction of sp³-hybridized carbons (Fsp3) is 0.400. The number of aromatic nitrogens is 3. The van der Waals surface area contributed by atoms with E-state index in [2.05, 4.69) is 21.0 Å². The number of hydrogen-bond acceptors (Lipinski definition) is 3. The number of fused-ring (bicyclic) bond motifs is 1. The van der Waals surface area contributed by atoms with Crippen LogP contribution in [0.3, 0.4) is 0 Å². The minimum Gasteiger partial charge on any atom is -0.358 e. The van der Waals surface area contributed by atoms with Gasteiger partial charge in [-0.15, -0.1) is 11.6 Å². The van der Waals surface area contributed by atoms with E-state index in [1.165, 1.54) is 5.56 Å². The van der Waals surface area contributed by atoms with Gasteiger partial charge in [0.05, 0.1) is 0 Å². The Morgan fingerprint density at radius 3 is 3.00 bits per heavy atom. The lowest BCUT2D eigenvalue weighted by molar-refractivity contribution is 0.865. The van der Waals surface area contributed by atoms with Crippen molar-refractivity contribution in [3.8, 4) is 0 Å². The second-order valence-corrected chi connectivity index (χ2v) is 3.91. The highest BCUT2D eigenvalue weighted by Crippen LogP contribution is 2.16. The Kier molecular flexibility index (Phi) is 2.77. The van der Waals surface area contributed by atoms with Crippen LogP contribution in [0.15, 0.2) is 18.5 Å². The van der Waals surface area contributed by atoms with Gasteiger partial charge in [0, 0.05) is 19.5 Å². The van der Waals surface area contributed by atoms with Crippen LogP contribution in [0.5, 0.6) is 0 Å². The van der Waals surface area contributed by atoms with Crippen LogP contribution in [0.1, 0.15) is 5.56 Å². The Morgan fingerprint density at radius 2 is 2.27 bits per heavy atom. The van der Waals surface area contributed by atoms with E-state index in [4.69, 9.17) is 11.6 Å². The largest absolute Gasteiger partial charge is 0.358 e. The lowest BCUT2D eigenvalue weighted by Gasteiger charge is -2.18. The van der Waals surface area contributed by atoms with Gasteiger partial charge in [0.15, 0.2) is 5.65 Å². The van der Waals surface area contributed by atoms with Crippen LogP contribution in [0.2, 0.25) is 0 Å². The molecular formula is C10H13ClN4. The number of hydrogen-bond donors (Lipinski definition) is 0. The number of rotatable bonds is 3. The van der Waals surface area contributed by atoms with Gasteiger partial charge in [0.1, 0.15) is 12.1 Å². The molecule has 2 rings (SSSR count). The number of halogens is 1. The summed E-state index contributed by atoms with van der Waals surface area (Å²) in [4.78, 5) is 6.25. The highest BCUT2D eigenvalue weighted by molar-refractivity contribution is 6.18. The third kappa shape index (κ3) is 1.90. The molecule has 5 heteroatoms. The van der Waals surface area contributed by atoms with Gasteiger partial charge in [0.25, 0.3) is 0 Å². The van der Waals surface area contributed by atoms with Gasteiger partial charge in [-0.2, -0.15) is 9.61 Å². The molecular weight excluding hydrogens is 212 g/mol. The molecule has 0 aliphatic carbocycles. The van der Waals surface area contributed by atoms with Crippen molar-refractivity contribution in [2.75, 3.05) is 24.4 Å². The highest BCUT2D eigenvalue weighted by Gasteiger charge is 2.07. The molecule has 0 saturated carbocycles. The fourth-order valence-electron chi connectivity index (χ4n) is 1.55. The molecule has 0 aliphatic heterocycles. The molecule has 0 spiro atoms. The lowest BCUT2D eigenvalue weighted by Crippen LogP contribution is -2.22. The normalized spacial score (nSPS) is 10.9. The average Bonchev–Trinajstić information content (AvgIpc) is 2.64. The number of alkyl halides is 1. The summed E-state index contributed by atoms with van der Waals surface area (Å²) in [6, 6.07) is 4.08. The van der Waals surface area contributed by atoms with Crippen molar-refractivity contribution in [2.45, 2.75) is 6.92 Å². The van der Waals surface area contributed by atoms with Crippen LogP contribution in [0.4, 0.5) is 5.82 Å². The summed E-state index contributed by atoms with van der Waals surface area (Å²) in [7, 11) is 2.00. The molecule has 80 valence electrons. The topological polar surface area (TPSA) is 33.4 Å². The molecule has 15 heavy (non-hydrogen) atoms. The molecule has 2 heterocycles. The Labute approximate surface area is 93.5 Å². The van der Waals surface area contributed by atoms with E-state index in [1.54, 1.807) is 6.33 Å². The summed E-state index contributed by atoms with van der Waals surface area (Å²) >= 11 is 5.72. The smallest absolute Gasteiger partial charge is 0.157 e. The van der Waals surface area contributed by atoms with E-state index in [0.29, 0.717) is 5.88 Å². The monoisotopic (exact) mass is 224 g/mol. The Balaban J connectivity index is 2.52. The molecule has 0 bridgehead atoms. The predicted molar refractivity (Wildman–Crippen MR) is 61.7 cm³/mol. The van der Waals surface area contributed by atoms with E-state index in [9.17, 15) is 0 Å². The lowest BCUT2D eigenvalue weighted by atomic mass is 10.3. The molecule has 4 nitrogen and oxygen atoms in total. The third-order valence-corrected chi connectivity index (χ3v) is 2.48. The van der Waals surface area contributed by atoms with Crippen molar-refractivity contribution in [1.29, 1.82) is 0 Å². The molecule has 0 saturated heterocycles. The summed E-state index contributed by atoms with van der Waals surface area (Å²) in [6.07, 6.45) is 1.56. The average molecular weight is 225 g/mol. The Morgan fingerprint density at radius 1 is 1.47 bits per heavy atom. The van der Waals surface area contributed by atoms with Crippen molar-refractivity contribution in [1.82, 2.24) is 14.6 Å². The summed E-state index contributed by atoms with van der Waals surface area (Å²) in [5.41, 5.74) is 2.04. The summed E-state index contributed by atoms with van der Waals surface area (Å²) in [6.45, 7) is 2.84. The second kappa shape index (κ2) is 4.06. The van der Waals surface area contributed by atoms with Crippen molar-refractivity contribution in [3.05, 3.63) is 24.0 Å². The van der Waals surface area contributed by atoms with E-state index >= 15 is 0 Å². The van der Waals surface area contributed by atoms with Gasteiger partial charge in [-0.3, -0.25) is 0 Å². The van der Waals surface area contributed by atoms with E-state index in [0.717, 1.165) is 18.0 Å². The van der Waals surface area contributed by atoms with Crippen molar-refractivity contribution >= 4 is 23.1 Å². The molecule has 0 aromatic carbocycles. The SMILES string of the molecule is Cc1cc(N(C)CCCl)n2ncnc2c1. The highest BCUT2D eigenvalue weighted by atomic mass is 35.5. The first-order valence-electron chi connectivity index (χ1n) is 4.80. The standard InChI is InChI=1S/C10H13ClN4/c1-8-5-9-12-7-13-15(9)10(6-8)14(2)4-3-11/h5-7H,3-4H2,1-2H3. The van der Waals surface area contributed by atoms with Crippen LogP contribution in [-0.4, -0.2) is 34.1 Å². The molecule has 0 N–H and O–H groups in total. The molecule has 0 radical (unpaired) electrons. The minimum absolute atomic E-state index is 0.598. The quantitative estimate of drug-likeness (QED) is 0.745. The Bertz CT molecular complexity index is 465. The first-order valence-corrected chi connectivity index (χ1v) is 5.33. The molecule has 0 amide bonds. The zero-order valence-corrected chi connectivity index (χ0v) is 9.57. The van der Waals surface area contributed by atoms with Gasteiger partial charge in [-0.25, -0.2) is 4.98 Å². The number of nitrogens with zero attached hydrogens (tertiary/aromatic N) is 4. The van der Waals surface area contributed by atoms with Gasteiger partial charge >= 0.3 is 0 Å². The zero-order chi connectivity index (χ0) is 10.8. The maximum Gasteiger partial charge on any atom is 0.157 e. The first kappa shape index (κ1) is 10.2. The van der Waals surface area contributed by atoms with Crippen molar-refractivity contribution in [3.63, 3.8) is 0 Å². The van der Waals surface area contributed by atoms with E-state index < -0.39 is 0 Å². The predicted octanol–water partition coefficient (Wildman–Crippen LogP) is 1.71. The maximum atomic E-state index is 5.72. The minimum atomic E-state index is 0.598. The third-order valence-electron chi connectivity index (χ3n) is 2.32. The fourth-order valence-corrected chi connectivity index (χ4v) is 1.80. The Hall–Kier alpha value is -1.29. The number of pyridine rings is 1. The van der Waals surface area contributed by atoms with Crippen molar-refractivity contribution < 1.29 is 0 Å². The van der Waals surface area contributed by atoms with E-state index in [1.807, 2.05) is 24.6 Å². The molecule has 0 unspecified atom stereocenters. The van der Waals surface area contributed by atoms with Crippen molar-refractivity contribution in [2.24, 2.45) is 0 Å². The van der Waals surface area contributed by atoms with Crippen LogP contribution >= 0.6 is 11.6 Å². The molecule has 0 fully saturated rings. The number of anilines is 1. The van der Waals surface area contributed by atoms with Gasteiger partial charge in [0.2, 0.25) is 0 Å². The molecule has 0 aliphatic rings. The summed E-state index contributed by atoms with van der Waals surface area (Å²) in [5, 5.41) is 4.18.